The molecule has 2 aromatic heterocycles. The fourth-order valence-electron chi connectivity index (χ4n) is 2.71. The summed E-state index contributed by atoms with van der Waals surface area (Å²) >= 11 is 6.09. The lowest BCUT2D eigenvalue weighted by Crippen LogP contribution is -2.07. The van der Waals surface area contributed by atoms with Gasteiger partial charge in [-0.3, -0.25) is 4.57 Å². The average Bonchev–Trinajstić information content (AvgIpc) is 3.18. The largest absolute Gasteiger partial charge is 0.397 e. The van der Waals surface area contributed by atoms with Crippen molar-refractivity contribution in [2.75, 3.05) is 17.7 Å². The number of nitrogen functional groups attached to an aromatic ring is 1. The number of imidazole rings is 1. The fraction of sp³-hybridized carbons (Fsp3) is 0.267. The topological polar surface area (TPSA) is 90.9 Å². The smallest absolute Gasteiger partial charge is 0.226 e. The van der Waals surface area contributed by atoms with Gasteiger partial charge in [-0.1, -0.05) is 12.1 Å². The van der Waals surface area contributed by atoms with Gasteiger partial charge in [0.25, 0.3) is 0 Å². The van der Waals surface area contributed by atoms with E-state index in [1.807, 2.05) is 28.8 Å². The number of rotatable bonds is 3. The number of fused-ring (bicyclic) bond motifs is 1. The molecule has 0 amide bonds. The van der Waals surface area contributed by atoms with E-state index in [4.69, 9.17) is 22.1 Å². The second-order valence-electron chi connectivity index (χ2n) is 5.35. The molecule has 0 bridgehead atoms. The van der Waals surface area contributed by atoms with Gasteiger partial charge in [-0.2, -0.15) is 9.97 Å². The summed E-state index contributed by atoms with van der Waals surface area (Å²) in [5.41, 5.74) is 8.62. The maximum atomic E-state index is 6.09. The molecule has 1 saturated heterocycles. The molecule has 0 spiro atoms. The van der Waals surface area contributed by atoms with Crippen LogP contribution in [0.15, 0.2) is 30.6 Å². The van der Waals surface area contributed by atoms with E-state index in [9.17, 15) is 0 Å². The van der Waals surface area contributed by atoms with Crippen LogP contribution < -0.4 is 11.1 Å². The summed E-state index contributed by atoms with van der Waals surface area (Å²) < 4.78 is 7.60. The highest BCUT2D eigenvalue weighted by atomic mass is 35.5. The van der Waals surface area contributed by atoms with E-state index in [-0.39, 0.29) is 11.5 Å². The maximum absolute atomic E-state index is 6.09. The third-order valence-corrected chi connectivity index (χ3v) is 3.99. The van der Waals surface area contributed by atoms with Crippen LogP contribution >= 0.6 is 11.6 Å². The molecule has 1 aliphatic rings. The van der Waals surface area contributed by atoms with Gasteiger partial charge in [-0.05, 0) is 36.6 Å². The Morgan fingerprint density at radius 1 is 1.30 bits per heavy atom. The molecule has 7 nitrogen and oxygen atoms in total. The zero-order chi connectivity index (χ0) is 15.8. The SMILES string of the molecule is Nc1ccccc1Nc1nc(Cl)nc2c1ncn2C1CCCO1. The standard InChI is InChI=1S/C15H15ClN6O/c16-15-20-13(19-10-5-2-1-4-9(10)17)12-14(21-15)22(8-18-12)11-6-3-7-23-11/h1-2,4-5,8,11H,3,6-7,17H2,(H,19,20,21). The van der Waals surface area contributed by atoms with Gasteiger partial charge >= 0.3 is 0 Å². The van der Waals surface area contributed by atoms with Gasteiger partial charge in [-0.15, -0.1) is 0 Å². The van der Waals surface area contributed by atoms with Crippen LogP contribution in [0.4, 0.5) is 17.2 Å². The first-order valence-corrected chi connectivity index (χ1v) is 7.73. The number of hydrogen-bond donors (Lipinski definition) is 2. The van der Waals surface area contributed by atoms with Gasteiger partial charge in [0.05, 0.1) is 17.7 Å². The summed E-state index contributed by atoms with van der Waals surface area (Å²) in [4.78, 5) is 13.0. The second kappa shape index (κ2) is 5.68. The summed E-state index contributed by atoms with van der Waals surface area (Å²) in [6.45, 7) is 0.745. The Morgan fingerprint density at radius 2 is 2.17 bits per heavy atom. The van der Waals surface area contributed by atoms with Gasteiger partial charge in [0.1, 0.15) is 6.23 Å². The Bertz CT molecular complexity index is 858. The predicted octanol–water partition coefficient (Wildman–Crippen LogP) is 3.11. The molecule has 3 N–H and O–H groups in total. The van der Waals surface area contributed by atoms with Gasteiger partial charge in [0.15, 0.2) is 17.0 Å². The molecule has 23 heavy (non-hydrogen) atoms. The monoisotopic (exact) mass is 330 g/mol. The van der Waals surface area contributed by atoms with Gasteiger partial charge in [0.2, 0.25) is 5.28 Å². The summed E-state index contributed by atoms with van der Waals surface area (Å²) in [5.74, 6) is 0.523. The number of ether oxygens (including phenoxy) is 1. The molecule has 8 heteroatoms. The van der Waals surface area contributed by atoms with Crippen LogP contribution in [-0.2, 0) is 4.74 Å². The van der Waals surface area contributed by atoms with Crippen LogP contribution in [-0.4, -0.2) is 26.1 Å². The van der Waals surface area contributed by atoms with E-state index in [1.165, 1.54) is 0 Å². The number of para-hydroxylation sites is 2. The lowest BCUT2D eigenvalue weighted by atomic mass is 10.2. The number of nitrogens with two attached hydrogens (primary N) is 1. The van der Waals surface area contributed by atoms with Crippen LogP contribution in [0.3, 0.4) is 0 Å². The van der Waals surface area contributed by atoms with Crippen molar-refractivity contribution in [3.63, 3.8) is 0 Å². The van der Waals surface area contributed by atoms with Crippen LogP contribution in [0.1, 0.15) is 19.1 Å². The molecule has 0 radical (unpaired) electrons. The molecule has 4 rings (SSSR count). The van der Waals surface area contributed by atoms with Crippen LogP contribution in [0.25, 0.3) is 11.2 Å². The Hall–Kier alpha value is -2.38. The molecule has 0 saturated carbocycles. The van der Waals surface area contributed by atoms with E-state index in [0.29, 0.717) is 22.7 Å². The van der Waals surface area contributed by atoms with E-state index in [0.717, 1.165) is 25.1 Å². The van der Waals surface area contributed by atoms with Gasteiger partial charge in [0, 0.05) is 6.61 Å². The van der Waals surface area contributed by atoms with Gasteiger partial charge < -0.3 is 15.8 Å². The van der Waals surface area contributed by atoms with E-state index in [2.05, 4.69) is 20.3 Å². The molecular weight excluding hydrogens is 316 g/mol. The lowest BCUT2D eigenvalue weighted by molar-refractivity contribution is 0.0593. The third-order valence-electron chi connectivity index (χ3n) is 3.82. The van der Waals surface area contributed by atoms with E-state index < -0.39 is 0 Å². The van der Waals surface area contributed by atoms with Crippen molar-refractivity contribution in [3.8, 4) is 0 Å². The second-order valence-corrected chi connectivity index (χ2v) is 5.68. The zero-order valence-corrected chi connectivity index (χ0v) is 13.0. The van der Waals surface area contributed by atoms with Crippen molar-refractivity contribution < 1.29 is 4.74 Å². The molecular formula is C15H15ClN6O. The van der Waals surface area contributed by atoms with Crippen molar-refractivity contribution >= 4 is 40.0 Å². The van der Waals surface area contributed by atoms with Crippen molar-refractivity contribution in [3.05, 3.63) is 35.9 Å². The van der Waals surface area contributed by atoms with Crippen LogP contribution in [0.2, 0.25) is 5.28 Å². The maximum Gasteiger partial charge on any atom is 0.226 e. The highest BCUT2D eigenvalue weighted by Crippen LogP contribution is 2.31. The first kappa shape index (κ1) is 14.2. The normalized spacial score (nSPS) is 17.7. The lowest BCUT2D eigenvalue weighted by Gasteiger charge is -2.12. The number of benzene rings is 1. The minimum absolute atomic E-state index is 0.0550. The summed E-state index contributed by atoms with van der Waals surface area (Å²) in [7, 11) is 0. The molecule has 0 aliphatic carbocycles. The predicted molar refractivity (Wildman–Crippen MR) is 88.7 cm³/mol. The van der Waals surface area contributed by atoms with Crippen LogP contribution in [0.5, 0.6) is 0 Å². The minimum atomic E-state index is -0.0550. The molecule has 3 heterocycles. The number of aromatic nitrogens is 4. The molecule has 1 fully saturated rings. The molecule has 1 atom stereocenters. The first-order valence-electron chi connectivity index (χ1n) is 7.35. The van der Waals surface area contributed by atoms with Crippen LogP contribution in [0, 0.1) is 0 Å². The van der Waals surface area contributed by atoms with E-state index >= 15 is 0 Å². The van der Waals surface area contributed by atoms with Crippen molar-refractivity contribution in [1.29, 1.82) is 0 Å². The number of nitrogens with one attached hydrogen (secondary N) is 1. The fourth-order valence-corrected chi connectivity index (χ4v) is 2.87. The number of hydrogen-bond acceptors (Lipinski definition) is 6. The Balaban J connectivity index is 1.79. The zero-order valence-electron chi connectivity index (χ0n) is 12.2. The number of halogens is 1. The quantitative estimate of drug-likeness (QED) is 0.566. The van der Waals surface area contributed by atoms with Gasteiger partial charge in [-0.25, -0.2) is 4.98 Å². The average molecular weight is 331 g/mol. The number of anilines is 3. The van der Waals surface area contributed by atoms with E-state index in [1.54, 1.807) is 6.33 Å². The molecule has 1 aliphatic heterocycles. The first-order chi connectivity index (χ1) is 11.2. The van der Waals surface area contributed by atoms with Crippen molar-refractivity contribution in [1.82, 2.24) is 19.5 Å². The van der Waals surface area contributed by atoms with Crippen molar-refractivity contribution in [2.45, 2.75) is 19.1 Å². The molecule has 1 aromatic carbocycles. The summed E-state index contributed by atoms with van der Waals surface area (Å²) in [6.07, 6.45) is 3.61. The Kier molecular flexibility index (Phi) is 3.51. The Morgan fingerprint density at radius 3 is 2.96 bits per heavy atom. The Labute approximate surface area is 137 Å². The summed E-state index contributed by atoms with van der Waals surface area (Å²) in [5, 5.41) is 3.33. The number of nitrogens with zero attached hydrogens (tertiary/aromatic N) is 4. The third kappa shape index (κ3) is 2.58. The molecule has 1 unspecified atom stereocenters. The van der Waals surface area contributed by atoms with Crippen molar-refractivity contribution in [2.24, 2.45) is 0 Å². The molecule has 118 valence electrons. The highest BCUT2D eigenvalue weighted by molar-refractivity contribution is 6.28. The molecule has 3 aromatic rings. The highest BCUT2D eigenvalue weighted by Gasteiger charge is 2.22. The minimum Gasteiger partial charge on any atom is -0.397 e. The summed E-state index contributed by atoms with van der Waals surface area (Å²) in [6, 6.07) is 7.44.